The summed E-state index contributed by atoms with van der Waals surface area (Å²) in [5, 5.41) is 12.1. The molecular weight excluding hydrogens is 298 g/mol. The molecule has 0 heterocycles. The van der Waals surface area contributed by atoms with E-state index in [0.717, 1.165) is 0 Å². The molecule has 0 unspecified atom stereocenters. The van der Waals surface area contributed by atoms with Crippen LogP contribution in [-0.2, 0) is 9.53 Å². The van der Waals surface area contributed by atoms with E-state index in [9.17, 15) is 19.5 Å². The largest absolute Gasteiger partial charge is 0.507 e. The van der Waals surface area contributed by atoms with Crippen LogP contribution in [-0.4, -0.2) is 29.4 Å². The predicted molar refractivity (Wildman–Crippen MR) is 83.5 cm³/mol. The van der Waals surface area contributed by atoms with Crippen LogP contribution in [0.4, 0.5) is 5.69 Å². The van der Waals surface area contributed by atoms with E-state index >= 15 is 0 Å². The van der Waals surface area contributed by atoms with Gasteiger partial charge in [-0.3, -0.25) is 9.59 Å². The molecule has 0 fully saturated rings. The first-order valence-corrected chi connectivity index (χ1v) is 6.83. The third-order valence-corrected chi connectivity index (χ3v) is 3.01. The fraction of sp³-hybridized carbons (Fsp3) is 0.118. The number of Topliss-reactive ketones (excluding diaryl/α,β-unsaturated/α-hetero) is 1. The minimum Gasteiger partial charge on any atom is -0.507 e. The minimum atomic E-state index is -0.796. The number of benzene rings is 2. The molecule has 6 heteroatoms. The van der Waals surface area contributed by atoms with Crippen LogP contribution in [0.5, 0.6) is 5.75 Å². The fourth-order valence-electron chi connectivity index (χ4n) is 1.87. The Morgan fingerprint density at radius 2 is 1.83 bits per heavy atom. The second-order valence-corrected chi connectivity index (χ2v) is 4.78. The van der Waals surface area contributed by atoms with E-state index in [1.165, 1.54) is 25.1 Å². The van der Waals surface area contributed by atoms with Gasteiger partial charge in [-0.15, -0.1) is 0 Å². The summed E-state index contributed by atoms with van der Waals surface area (Å²) >= 11 is 0. The van der Waals surface area contributed by atoms with Crippen molar-refractivity contribution in [2.24, 2.45) is 0 Å². The lowest BCUT2D eigenvalue weighted by molar-refractivity contribution is -0.119. The highest BCUT2D eigenvalue weighted by Crippen LogP contribution is 2.16. The predicted octanol–water partition coefficient (Wildman–Crippen LogP) is 2.39. The molecule has 2 aromatic rings. The van der Waals surface area contributed by atoms with Crippen molar-refractivity contribution >= 4 is 23.3 Å². The zero-order valence-electron chi connectivity index (χ0n) is 12.4. The van der Waals surface area contributed by atoms with Crippen LogP contribution in [0.15, 0.2) is 48.5 Å². The molecular formula is C17H15NO5. The Balaban J connectivity index is 1.93. The SMILES string of the molecule is CC(=O)c1cccc(NC(=O)COC(=O)c2ccccc2O)c1. The van der Waals surface area contributed by atoms with Gasteiger partial charge in [0.2, 0.25) is 0 Å². The second-order valence-electron chi connectivity index (χ2n) is 4.78. The number of para-hydroxylation sites is 1. The normalized spacial score (nSPS) is 9.96. The van der Waals surface area contributed by atoms with Gasteiger partial charge in [-0.25, -0.2) is 4.79 Å². The number of hydrogen-bond donors (Lipinski definition) is 2. The Morgan fingerprint density at radius 3 is 2.52 bits per heavy atom. The smallest absolute Gasteiger partial charge is 0.342 e. The molecule has 2 aromatic carbocycles. The summed E-state index contributed by atoms with van der Waals surface area (Å²) < 4.78 is 4.84. The maximum atomic E-state index is 11.8. The zero-order valence-corrected chi connectivity index (χ0v) is 12.4. The number of anilines is 1. The van der Waals surface area contributed by atoms with Crippen molar-refractivity contribution in [2.75, 3.05) is 11.9 Å². The molecule has 6 nitrogen and oxygen atoms in total. The molecule has 0 aliphatic rings. The van der Waals surface area contributed by atoms with Crippen molar-refractivity contribution in [3.05, 3.63) is 59.7 Å². The number of carbonyl (C=O) groups excluding carboxylic acids is 3. The van der Waals surface area contributed by atoms with Crippen LogP contribution in [0.1, 0.15) is 27.6 Å². The molecule has 118 valence electrons. The number of ketones is 1. The summed E-state index contributed by atoms with van der Waals surface area (Å²) in [5.41, 5.74) is 0.884. The number of rotatable bonds is 5. The van der Waals surface area contributed by atoms with Crippen LogP contribution in [0.2, 0.25) is 0 Å². The number of hydrogen-bond acceptors (Lipinski definition) is 5. The molecule has 0 bridgehead atoms. The monoisotopic (exact) mass is 313 g/mol. The highest BCUT2D eigenvalue weighted by molar-refractivity contribution is 5.98. The third-order valence-electron chi connectivity index (χ3n) is 3.01. The first kappa shape index (κ1) is 16.2. The number of amides is 1. The first-order valence-electron chi connectivity index (χ1n) is 6.83. The molecule has 0 spiro atoms. The number of phenolic OH excluding ortho intramolecular Hbond substituents is 1. The standard InChI is InChI=1S/C17H15NO5/c1-11(19)12-5-4-6-13(9-12)18-16(21)10-23-17(22)14-7-2-3-8-15(14)20/h2-9,20H,10H2,1H3,(H,18,21). The van der Waals surface area contributed by atoms with Crippen molar-refractivity contribution in [1.29, 1.82) is 0 Å². The van der Waals surface area contributed by atoms with E-state index in [1.54, 1.807) is 30.3 Å². The van der Waals surface area contributed by atoms with Gasteiger partial charge in [-0.2, -0.15) is 0 Å². The number of ether oxygens (including phenoxy) is 1. The van der Waals surface area contributed by atoms with Gasteiger partial charge in [0.1, 0.15) is 11.3 Å². The summed E-state index contributed by atoms with van der Waals surface area (Å²) in [6.07, 6.45) is 0. The molecule has 23 heavy (non-hydrogen) atoms. The van der Waals surface area contributed by atoms with Crippen molar-refractivity contribution in [1.82, 2.24) is 0 Å². The van der Waals surface area contributed by atoms with Crippen LogP contribution in [0.3, 0.4) is 0 Å². The second kappa shape index (κ2) is 7.22. The maximum Gasteiger partial charge on any atom is 0.342 e. The molecule has 0 saturated carbocycles. The van der Waals surface area contributed by atoms with E-state index < -0.39 is 18.5 Å². The van der Waals surface area contributed by atoms with Gasteiger partial charge in [0.05, 0.1) is 0 Å². The van der Waals surface area contributed by atoms with Gasteiger partial charge in [0.15, 0.2) is 12.4 Å². The Kier molecular flexibility index (Phi) is 5.09. The van der Waals surface area contributed by atoms with Crippen molar-refractivity contribution in [2.45, 2.75) is 6.92 Å². The summed E-state index contributed by atoms with van der Waals surface area (Å²) in [4.78, 5) is 34.8. The van der Waals surface area contributed by atoms with Gasteiger partial charge in [0.25, 0.3) is 5.91 Å². The topological polar surface area (TPSA) is 92.7 Å². The molecule has 0 aliphatic carbocycles. The number of aromatic hydroxyl groups is 1. The number of esters is 1. The van der Waals surface area contributed by atoms with E-state index in [1.807, 2.05) is 0 Å². The van der Waals surface area contributed by atoms with Gasteiger partial charge >= 0.3 is 5.97 Å². The number of carbonyl (C=O) groups is 3. The average molecular weight is 313 g/mol. The molecule has 2 rings (SSSR count). The lowest BCUT2D eigenvalue weighted by Crippen LogP contribution is -2.21. The number of phenols is 1. The maximum absolute atomic E-state index is 11.8. The minimum absolute atomic E-state index is 0.0149. The van der Waals surface area contributed by atoms with Crippen molar-refractivity contribution in [3.63, 3.8) is 0 Å². The van der Waals surface area contributed by atoms with Gasteiger partial charge in [0, 0.05) is 11.3 Å². The molecule has 0 aliphatic heterocycles. The summed E-state index contributed by atoms with van der Waals surface area (Å²) in [5.74, 6) is -1.68. The highest BCUT2D eigenvalue weighted by atomic mass is 16.5. The summed E-state index contributed by atoms with van der Waals surface area (Å²) in [6, 6.07) is 12.3. The van der Waals surface area contributed by atoms with E-state index in [2.05, 4.69) is 5.32 Å². The van der Waals surface area contributed by atoms with Crippen molar-refractivity contribution < 1.29 is 24.2 Å². The molecule has 0 saturated heterocycles. The number of nitrogens with one attached hydrogen (secondary N) is 1. The van der Waals surface area contributed by atoms with E-state index in [-0.39, 0.29) is 17.1 Å². The quantitative estimate of drug-likeness (QED) is 0.653. The Bertz CT molecular complexity index is 754. The summed E-state index contributed by atoms with van der Waals surface area (Å²) in [7, 11) is 0. The van der Waals surface area contributed by atoms with Gasteiger partial charge in [-0.05, 0) is 31.2 Å². The Hall–Kier alpha value is -3.15. The molecule has 1 amide bonds. The average Bonchev–Trinajstić information content (AvgIpc) is 2.53. The highest BCUT2D eigenvalue weighted by Gasteiger charge is 2.14. The van der Waals surface area contributed by atoms with Crippen LogP contribution in [0.25, 0.3) is 0 Å². The van der Waals surface area contributed by atoms with Crippen LogP contribution in [0, 0.1) is 0 Å². The first-order chi connectivity index (χ1) is 11.0. The lowest BCUT2D eigenvalue weighted by Gasteiger charge is -2.08. The third kappa shape index (κ3) is 4.41. The molecule has 0 aromatic heterocycles. The Labute approximate surface area is 132 Å². The fourth-order valence-corrected chi connectivity index (χ4v) is 1.87. The van der Waals surface area contributed by atoms with E-state index in [4.69, 9.17) is 4.74 Å². The summed E-state index contributed by atoms with van der Waals surface area (Å²) in [6.45, 7) is 0.923. The molecule has 2 N–H and O–H groups in total. The van der Waals surface area contributed by atoms with Gasteiger partial charge in [-0.1, -0.05) is 24.3 Å². The zero-order chi connectivity index (χ0) is 16.8. The van der Waals surface area contributed by atoms with Gasteiger partial charge < -0.3 is 15.2 Å². The Morgan fingerprint density at radius 1 is 1.09 bits per heavy atom. The molecule has 0 atom stereocenters. The van der Waals surface area contributed by atoms with Crippen molar-refractivity contribution in [3.8, 4) is 5.75 Å². The van der Waals surface area contributed by atoms with E-state index in [0.29, 0.717) is 11.3 Å². The molecule has 0 radical (unpaired) electrons. The van der Waals surface area contributed by atoms with Crippen LogP contribution < -0.4 is 5.32 Å². The lowest BCUT2D eigenvalue weighted by atomic mass is 10.1. The van der Waals surface area contributed by atoms with Crippen LogP contribution >= 0.6 is 0 Å².